The Hall–Kier alpha value is -3.65. The average molecular weight is 474 g/mol. The Kier molecular flexibility index (Phi) is 6.81. The van der Waals surface area contributed by atoms with E-state index in [1.807, 2.05) is 24.3 Å². The zero-order valence-electron chi connectivity index (χ0n) is 19.9. The topological polar surface area (TPSA) is 111 Å². The van der Waals surface area contributed by atoms with E-state index in [9.17, 15) is 4.79 Å². The molecule has 0 spiro atoms. The highest BCUT2D eigenvalue weighted by Gasteiger charge is 2.27. The molecule has 1 fully saturated rings. The fraction of sp³-hybridized carbons (Fsp3) is 0.370. The number of nitrogens with two attached hydrogens (primary N) is 1. The number of fused-ring (bicyclic) bond motifs is 9. The minimum absolute atomic E-state index is 0.143. The molecule has 6 rings (SSSR count). The van der Waals surface area contributed by atoms with E-state index in [4.69, 9.17) is 15.2 Å². The number of aromatic nitrogens is 2. The van der Waals surface area contributed by atoms with Crippen LogP contribution in [0.1, 0.15) is 48.5 Å². The predicted molar refractivity (Wildman–Crippen MR) is 136 cm³/mol. The van der Waals surface area contributed by atoms with E-state index < -0.39 is 0 Å². The maximum atomic E-state index is 12.5. The predicted octanol–water partition coefficient (Wildman–Crippen LogP) is 4.69. The lowest BCUT2D eigenvalue weighted by molar-refractivity contribution is 0.0673. The van der Waals surface area contributed by atoms with E-state index >= 15 is 0 Å². The lowest BCUT2D eigenvalue weighted by atomic mass is 9.84. The van der Waals surface area contributed by atoms with Crippen molar-refractivity contribution in [1.82, 2.24) is 15.3 Å². The largest absolute Gasteiger partial charge is 0.490 e. The first-order valence-electron chi connectivity index (χ1n) is 12.2. The third kappa shape index (κ3) is 5.54. The molecule has 6 bridgehead atoms. The molecule has 0 unspecified atom stereocenters. The number of nitrogens with one attached hydrogen (secondary N) is 2. The van der Waals surface area contributed by atoms with Crippen LogP contribution in [0.4, 0.5) is 17.3 Å². The lowest BCUT2D eigenvalue weighted by Gasteiger charge is -2.33. The van der Waals surface area contributed by atoms with Gasteiger partial charge in [0.1, 0.15) is 5.75 Å². The number of nitrogen functional groups attached to an aromatic ring is 1. The summed E-state index contributed by atoms with van der Waals surface area (Å²) < 4.78 is 12.2. The summed E-state index contributed by atoms with van der Waals surface area (Å²) in [5, 5.41) is 6.25. The molecule has 3 aromatic rings. The minimum atomic E-state index is -0.143. The van der Waals surface area contributed by atoms with Gasteiger partial charge in [-0.1, -0.05) is 6.92 Å². The number of ether oxygens (including phenoxy) is 2. The number of rotatable bonds is 2. The van der Waals surface area contributed by atoms with Gasteiger partial charge in [-0.2, -0.15) is 0 Å². The maximum Gasteiger partial charge on any atom is 0.251 e. The number of hydrogen-bond donors (Lipinski definition) is 3. The molecule has 3 aliphatic rings. The minimum Gasteiger partial charge on any atom is -0.490 e. The van der Waals surface area contributed by atoms with Crippen LogP contribution in [0.15, 0.2) is 48.7 Å². The molecule has 1 amide bonds. The summed E-state index contributed by atoms with van der Waals surface area (Å²) in [5.74, 6) is 1.88. The van der Waals surface area contributed by atoms with Gasteiger partial charge in [-0.25, -0.2) is 9.97 Å². The van der Waals surface area contributed by atoms with Gasteiger partial charge in [0.05, 0.1) is 18.4 Å². The van der Waals surface area contributed by atoms with Crippen LogP contribution in [0.25, 0.3) is 11.3 Å². The van der Waals surface area contributed by atoms with Crippen LogP contribution in [0.5, 0.6) is 5.75 Å². The Morgan fingerprint density at radius 1 is 1.11 bits per heavy atom. The lowest BCUT2D eigenvalue weighted by Crippen LogP contribution is -2.32. The summed E-state index contributed by atoms with van der Waals surface area (Å²) in [4.78, 5) is 21.5. The first-order valence-corrected chi connectivity index (χ1v) is 12.2. The third-order valence-corrected chi connectivity index (χ3v) is 6.44. The summed E-state index contributed by atoms with van der Waals surface area (Å²) >= 11 is 0. The number of benzene rings is 2. The van der Waals surface area contributed by atoms with Crippen molar-refractivity contribution in [2.45, 2.75) is 45.3 Å². The molecule has 35 heavy (non-hydrogen) atoms. The van der Waals surface area contributed by atoms with E-state index in [2.05, 4.69) is 27.5 Å². The Balaban J connectivity index is 1.44. The standard InChI is InChI=1S/C27H31N5O3/c1-17-12-21(13-17)35-25-7-5-20-14-19(25)16-34-11-3-2-9-29-26(33)18-4-6-22(23(28)15-18)24-8-10-30-27(31-20)32-24/h4-8,10,14-15,17,21H,2-3,9,11-13,16,28H2,1H3,(H,29,33)(H,30,31,32). The van der Waals surface area contributed by atoms with Crippen LogP contribution in [0.2, 0.25) is 0 Å². The van der Waals surface area contributed by atoms with E-state index in [0.717, 1.165) is 48.2 Å². The number of carbonyl (C=O) groups is 1. The first-order chi connectivity index (χ1) is 17.0. The van der Waals surface area contributed by atoms with Crippen LogP contribution in [-0.4, -0.2) is 35.1 Å². The number of hydrogen-bond acceptors (Lipinski definition) is 7. The molecule has 182 valence electrons. The van der Waals surface area contributed by atoms with Crippen LogP contribution in [-0.2, 0) is 11.3 Å². The van der Waals surface area contributed by atoms with Crippen LogP contribution in [0.3, 0.4) is 0 Å². The fourth-order valence-corrected chi connectivity index (χ4v) is 4.44. The smallest absolute Gasteiger partial charge is 0.251 e. The highest BCUT2D eigenvalue weighted by Crippen LogP contribution is 2.34. The van der Waals surface area contributed by atoms with Crippen molar-refractivity contribution in [1.29, 1.82) is 0 Å². The van der Waals surface area contributed by atoms with Gasteiger partial charge in [0.2, 0.25) is 5.95 Å². The molecule has 8 nitrogen and oxygen atoms in total. The second-order valence-electron chi connectivity index (χ2n) is 9.35. The number of carbonyl (C=O) groups excluding carboxylic acids is 1. The monoisotopic (exact) mass is 473 g/mol. The quantitative estimate of drug-likeness (QED) is 0.463. The molecule has 1 aliphatic carbocycles. The Labute approximate surface area is 205 Å². The van der Waals surface area contributed by atoms with Gasteiger partial charge < -0.3 is 25.8 Å². The maximum absolute atomic E-state index is 12.5. The van der Waals surface area contributed by atoms with Gasteiger partial charge in [-0.3, -0.25) is 4.79 Å². The van der Waals surface area contributed by atoms with Crippen molar-refractivity contribution in [3.63, 3.8) is 0 Å². The summed E-state index contributed by atoms with van der Waals surface area (Å²) in [6.45, 7) is 3.87. The number of anilines is 3. The molecular weight excluding hydrogens is 442 g/mol. The van der Waals surface area contributed by atoms with E-state index in [0.29, 0.717) is 48.6 Å². The molecule has 3 heterocycles. The van der Waals surface area contributed by atoms with Gasteiger partial charge in [-0.05, 0) is 74.1 Å². The molecule has 4 N–H and O–H groups in total. The Morgan fingerprint density at radius 2 is 2.00 bits per heavy atom. The second-order valence-corrected chi connectivity index (χ2v) is 9.35. The molecule has 2 aliphatic heterocycles. The Bertz CT molecular complexity index is 1210. The van der Waals surface area contributed by atoms with Gasteiger partial charge in [0.15, 0.2) is 0 Å². The van der Waals surface area contributed by atoms with Gasteiger partial charge in [0.25, 0.3) is 5.91 Å². The van der Waals surface area contributed by atoms with Crippen molar-refractivity contribution in [2.24, 2.45) is 5.92 Å². The fourth-order valence-electron chi connectivity index (χ4n) is 4.44. The molecule has 8 heteroatoms. The van der Waals surface area contributed by atoms with Crippen molar-refractivity contribution in [3.8, 4) is 17.0 Å². The average Bonchev–Trinajstić information content (AvgIpc) is 2.83. The summed E-state index contributed by atoms with van der Waals surface area (Å²) in [6, 6.07) is 13.1. The van der Waals surface area contributed by atoms with Crippen LogP contribution >= 0.6 is 0 Å². The normalized spacial score (nSPS) is 20.4. The van der Waals surface area contributed by atoms with Crippen molar-refractivity contribution < 1.29 is 14.3 Å². The molecule has 0 atom stereocenters. The molecule has 2 aromatic carbocycles. The Morgan fingerprint density at radius 3 is 2.83 bits per heavy atom. The highest BCUT2D eigenvalue weighted by molar-refractivity contribution is 5.96. The molecule has 0 saturated heterocycles. The SMILES string of the molecule is CC1CC(Oc2ccc3cc2COCCCCNC(=O)c2ccc(c(N)c2)-c2ccnc(n2)N3)C1. The van der Waals surface area contributed by atoms with Crippen molar-refractivity contribution in [3.05, 3.63) is 59.8 Å². The number of amides is 1. The van der Waals surface area contributed by atoms with E-state index in [1.165, 1.54) is 0 Å². The highest BCUT2D eigenvalue weighted by atomic mass is 16.5. The molecular formula is C27H31N5O3. The van der Waals surface area contributed by atoms with Crippen molar-refractivity contribution in [2.75, 3.05) is 24.2 Å². The van der Waals surface area contributed by atoms with Crippen LogP contribution in [0, 0.1) is 5.92 Å². The zero-order valence-corrected chi connectivity index (χ0v) is 19.9. The zero-order chi connectivity index (χ0) is 24.2. The molecule has 1 saturated carbocycles. The molecule has 1 aromatic heterocycles. The van der Waals surface area contributed by atoms with Gasteiger partial charge in [0, 0.05) is 47.4 Å². The molecule has 0 radical (unpaired) electrons. The van der Waals surface area contributed by atoms with Crippen LogP contribution < -0.4 is 21.1 Å². The summed E-state index contributed by atoms with van der Waals surface area (Å²) in [5.41, 5.74) is 10.6. The van der Waals surface area contributed by atoms with E-state index in [-0.39, 0.29) is 12.0 Å². The number of nitrogens with zero attached hydrogens (tertiary/aromatic N) is 2. The van der Waals surface area contributed by atoms with Crippen molar-refractivity contribution >= 4 is 23.2 Å². The van der Waals surface area contributed by atoms with E-state index in [1.54, 1.807) is 24.4 Å². The third-order valence-electron chi connectivity index (χ3n) is 6.44. The summed E-state index contributed by atoms with van der Waals surface area (Å²) in [7, 11) is 0. The summed E-state index contributed by atoms with van der Waals surface area (Å²) in [6.07, 6.45) is 5.78. The second kappa shape index (κ2) is 10.3. The first kappa shape index (κ1) is 23.1. The van der Waals surface area contributed by atoms with Gasteiger partial charge >= 0.3 is 0 Å². The van der Waals surface area contributed by atoms with Gasteiger partial charge in [-0.15, -0.1) is 0 Å².